The number of piperazine rings is 1. The highest BCUT2D eigenvalue weighted by atomic mass is 16.5. The quantitative estimate of drug-likeness (QED) is 0.671. The van der Waals surface area contributed by atoms with E-state index in [4.69, 9.17) is 4.74 Å². The second-order valence-corrected chi connectivity index (χ2v) is 7.71. The van der Waals surface area contributed by atoms with Gasteiger partial charge in [-0.15, -0.1) is 0 Å². The van der Waals surface area contributed by atoms with Gasteiger partial charge in [0.05, 0.1) is 19.4 Å². The number of rotatable bonds is 4. The van der Waals surface area contributed by atoms with Gasteiger partial charge in [-0.1, -0.05) is 54.6 Å². The van der Waals surface area contributed by atoms with Gasteiger partial charge in [-0.3, -0.25) is 9.91 Å². The summed E-state index contributed by atoms with van der Waals surface area (Å²) < 4.78 is 5.17. The predicted molar refractivity (Wildman–Crippen MR) is 119 cm³/mol. The van der Waals surface area contributed by atoms with Crippen LogP contribution in [0.15, 0.2) is 71.8 Å². The molecule has 1 N–H and O–H groups in total. The predicted octanol–water partition coefficient (Wildman–Crippen LogP) is 4.12. The van der Waals surface area contributed by atoms with Crippen LogP contribution in [0.4, 0.5) is 0 Å². The minimum absolute atomic E-state index is 0.126. The highest BCUT2D eigenvalue weighted by Gasteiger charge is 2.33. The van der Waals surface area contributed by atoms with E-state index in [2.05, 4.69) is 63.5 Å². The molecule has 5 heteroatoms. The molecule has 5 rings (SSSR count). The van der Waals surface area contributed by atoms with Crippen molar-refractivity contribution in [3.05, 3.63) is 83.4 Å². The number of phenolic OH excluding ortho intramolecular Hbond substituents is 1. The van der Waals surface area contributed by atoms with Crippen molar-refractivity contribution in [3.63, 3.8) is 0 Å². The second kappa shape index (κ2) is 7.84. The summed E-state index contributed by atoms with van der Waals surface area (Å²) in [6.45, 7) is 3.58. The number of hydrogen-bond donors (Lipinski definition) is 1. The summed E-state index contributed by atoms with van der Waals surface area (Å²) in [5.41, 5.74) is 6.17. The molecule has 0 bridgehead atoms. The van der Waals surface area contributed by atoms with E-state index in [1.54, 1.807) is 19.4 Å². The number of aromatic hydroxyl groups is 1. The summed E-state index contributed by atoms with van der Waals surface area (Å²) in [4.78, 5) is 2.56. The van der Waals surface area contributed by atoms with Crippen LogP contribution < -0.4 is 4.74 Å². The highest BCUT2D eigenvalue weighted by molar-refractivity contribution is 5.84. The van der Waals surface area contributed by atoms with Crippen LogP contribution in [0.3, 0.4) is 0 Å². The lowest BCUT2D eigenvalue weighted by atomic mass is 10.0. The Morgan fingerprint density at radius 2 is 1.50 bits per heavy atom. The Bertz CT molecular complexity index is 1040. The van der Waals surface area contributed by atoms with E-state index in [0.717, 1.165) is 26.2 Å². The SMILES string of the molecule is COc1cccc(/C=N/N2CCN(C3c4ccccc4-c4ccccc43)CC2)c1O. The number of fused-ring (bicyclic) bond motifs is 3. The van der Waals surface area contributed by atoms with E-state index < -0.39 is 0 Å². The largest absolute Gasteiger partial charge is 0.504 e. The van der Waals surface area contributed by atoms with Gasteiger partial charge in [0, 0.05) is 31.7 Å². The van der Waals surface area contributed by atoms with Gasteiger partial charge in [0.1, 0.15) is 0 Å². The lowest BCUT2D eigenvalue weighted by molar-refractivity contribution is 0.114. The van der Waals surface area contributed by atoms with E-state index >= 15 is 0 Å². The Hall–Kier alpha value is -3.31. The molecular formula is C25H25N3O2. The molecule has 0 unspecified atom stereocenters. The summed E-state index contributed by atoms with van der Waals surface area (Å²) in [6, 6.07) is 23.2. The van der Waals surface area contributed by atoms with Crippen LogP contribution in [0.2, 0.25) is 0 Å². The van der Waals surface area contributed by atoms with Crippen molar-refractivity contribution < 1.29 is 9.84 Å². The Balaban J connectivity index is 1.31. The van der Waals surface area contributed by atoms with Gasteiger partial charge >= 0.3 is 0 Å². The molecule has 0 aromatic heterocycles. The van der Waals surface area contributed by atoms with Crippen molar-refractivity contribution >= 4 is 6.21 Å². The van der Waals surface area contributed by atoms with Crippen LogP contribution in [0.1, 0.15) is 22.7 Å². The number of para-hydroxylation sites is 1. The number of methoxy groups -OCH3 is 1. The molecule has 1 aliphatic carbocycles. The maximum absolute atomic E-state index is 10.2. The summed E-state index contributed by atoms with van der Waals surface area (Å²) >= 11 is 0. The standard InChI is InChI=1S/C25H25N3O2/c1-30-23-12-6-7-18(25(23)29)17-26-28-15-13-27(14-16-28)24-21-10-4-2-8-19(21)20-9-3-5-11-22(20)24/h2-12,17,24,29H,13-16H2,1H3/b26-17+. The molecule has 152 valence electrons. The maximum Gasteiger partial charge on any atom is 0.166 e. The average molecular weight is 399 g/mol. The van der Waals surface area contributed by atoms with Crippen LogP contribution in [0.25, 0.3) is 11.1 Å². The van der Waals surface area contributed by atoms with E-state index in [-0.39, 0.29) is 5.75 Å². The highest BCUT2D eigenvalue weighted by Crippen LogP contribution is 2.46. The van der Waals surface area contributed by atoms with Gasteiger partial charge in [0.2, 0.25) is 0 Å². The van der Waals surface area contributed by atoms with Crippen LogP contribution >= 0.6 is 0 Å². The third-order valence-corrected chi connectivity index (χ3v) is 6.07. The number of benzene rings is 3. The van der Waals surface area contributed by atoms with Gasteiger partial charge in [-0.05, 0) is 34.4 Å². The fraction of sp³-hybridized carbons (Fsp3) is 0.240. The summed E-state index contributed by atoms with van der Waals surface area (Å²) in [7, 11) is 1.55. The van der Waals surface area contributed by atoms with Crippen LogP contribution in [-0.4, -0.2) is 54.5 Å². The molecule has 0 saturated carbocycles. The number of nitrogens with zero attached hydrogens (tertiary/aromatic N) is 3. The summed E-state index contributed by atoms with van der Waals surface area (Å²) in [5.74, 6) is 0.587. The first-order valence-electron chi connectivity index (χ1n) is 10.3. The third-order valence-electron chi connectivity index (χ3n) is 6.07. The van der Waals surface area contributed by atoms with Gasteiger partial charge < -0.3 is 9.84 Å². The smallest absolute Gasteiger partial charge is 0.166 e. The molecule has 0 amide bonds. The third kappa shape index (κ3) is 3.21. The zero-order chi connectivity index (χ0) is 20.5. The van der Waals surface area contributed by atoms with Crippen LogP contribution in [0, 0.1) is 0 Å². The first kappa shape index (κ1) is 18.7. The first-order valence-corrected chi connectivity index (χ1v) is 10.3. The Morgan fingerprint density at radius 1 is 0.867 bits per heavy atom. The Kier molecular flexibility index (Phi) is 4.89. The number of ether oxygens (including phenoxy) is 1. The number of hydrazone groups is 1. The number of hydrogen-bond acceptors (Lipinski definition) is 5. The average Bonchev–Trinajstić information content (AvgIpc) is 3.13. The van der Waals surface area contributed by atoms with Crippen molar-refractivity contribution in [1.82, 2.24) is 9.91 Å². The minimum Gasteiger partial charge on any atom is -0.504 e. The van der Waals surface area contributed by atoms with Crippen molar-refractivity contribution in [2.45, 2.75) is 6.04 Å². The summed E-state index contributed by atoms with van der Waals surface area (Å²) in [5, 5.41) is 16.9. The topological polar surface area (TPSA) is 48.3 Å². The van der Waals surface area contributed by atoms with Gasteiger partial charge in [0.15, 0.2) is 11.5 Å². The normalized spacial score (nSPS) is 16.6. The van der Waals surface area contributed by atoms with Crippen LogP contribution in [-0.2, 0) is 0 Å². The monoisotopic (exact) mass is 399 g/mol. The lowest BCUT2D eigenvalue weighted by Gasteiger charge is -2.37. The molecular weight excluding hydrogens is 374 g/mol. The molecule has 1 saturated heterocycles. The van der Waals surface area contributed by atoms with E-state index in [1.165, 1.54) is 22.3 Å². The molecule has 5 nitrogen and oxygen atoms in total. The Morgan fingerprint density at radius 3 is 2.13 bits per heavy atom. The molecule has 0 atom stereocenters. The maximum atomic E-state index is 10.2. The fourth-order valence-electron chi connectivity index (χ4n) is 4.56. The van der Waals surface area contributed by atoms with Crippen molar-refractivity contribution in [1.29, 1.82) is 0 Å². The molecule has 0 spiro atoms. The van der Waals surface area contributed by atoms with Crippen molar-refractivity contribution in [2.24, 2.45) is 5.10 Å². The van der Waals surface area contributed by atoms with Crippen molar-refractivity contribution in [2.75, 3.05) is 33.3 Å². The molecule has 1 heterocycles. The molecule has 3 aromatic rings. The van der Waals surface area contributed by atoms with Gasteiger partial charge in [-0.25, -0.2) is 0 Å². The Labute approximate surface area is 176 Å². The number of phenols is 1. The van der Waals surface area contributed by atoms with E-state index in [9.17, 15) is 5.11 Å². The van der Waals surface area contributed by atoms with E-state index in [0.29, 0.717) is 17.4 Å². The lowest BCUT2D eigenvalue weighted by Crippen LogP contribution is -2.45. The van der Waals surface area contributed by atoms with Gasteiger partial charge in [-0.2, -0.15) is 5.10 Å². The molecule has 1 fully saturated rings. The minimum atomic E-state index is 0.126. The van der Waals surface area contributed by atoms with Gasteiger partial charge in [0.25, 0.3) is 0 Å². The zero-order valence-corrected chi connectivity index (χ0v) is 17.0. The first-order chi connectivity index (χ1) is 14.8. The molecule has 2 aliphatic rings. The molecule has 1 aliphatic heterocycles. The van der Waals surface area contributed by atoms with E-state index in [1.807, 2.05) is 12.1 Å². The van der Waals surface area contributed by atoms with Crippen LogP contribution in [0.5, 0.6) is 11.5 Å². The zero-order valence-electron chi connectivity index (χ0n) is 17.0. The molecule has 0 radical (unpaired) electrons. The van der Waals surface area contributed by atoms with Crippen molar-refractivity contribution in [3.8, 4) is 22.6 Å². The molecule has 3 aromatic carbocycles. The summed E-state index contributed by atoms with van der Waals surface area (Å²) in [6.07, 6.45) is 1.72. The molecule has 30 heavy (non-hydrogen) atoms. The fourth-order valence-corrected chi connectivity index (χ4v) is 4.56. The second-order valence-electron chi connectivity index (χ2n) is 7.71.